The molecular formula is C15H28N2O3. The molecule has 0 aromatic carbocycles. The molecular weight excluding hydrogens is 256 g/mol. The average Bonchev–Trinajstić information content (AvgIpc) is 2.39. The standard InChI is InChI=1S/C15H28N2O3/c1-4-5-8-13(14(18)19)17-15(20)16-12-9-6-7-10(2)11(12)3/h10-13H,4-9H2,1-3H3,(H,18,19)(H2,16,17,20)/t10?,11?,12?,13-/m0/s1. The van der Waals surface area contributed by atoms with Crippen molar-refractivity contribution in [2.45, 2.75) is 71.4 Å². The smallest absolute Gasteiger partial charge is 0.326 e. The minimum Gasteiger partial charge on any atom is -0.480 e. The predicted octanol–water partition coefficient (Wildman–Crippen LogP) is 2.75. The second kappa shape index (κ2) is 8.12. The number of carbonyl (C=O) groups is 2. The molecule has 0 aliphatic heterocycles. The molecule has 1 rings (SSSR count). The number of carbonyl (C=O) groups excluding carboxylic acids is 1. The normalized spacial score (nSPS) is 27.6. The van der Waals surface area contributed by atoms with Crippen LogP contribution in [0.4, 0.5) is 4.79 Å². The molecule has 1 aliphatic rings. The third-order valence-electron chi connectivity index (χ3n) is 4.47. The minimum absolute atomic E-state index is 0.152. The second-order valence-electron chi connectivity index (χ2n) is 6.02. The van der Waals surface area contributed by atoms with Gasteiger partial charge in [0.25, 0.3) is 0 Å². The number of aliphatic carboxylic acids is 1. The molecule has 0 heterocycles. The van der Waals surface area contributed by atoms with Gasteiger partial charge in [0.2, 0.25) is 0 Å². The van der Waals surface area contributed by atoms with Crippen molar-refractivity contribution >= 4 is 12.0 Å². The molecule has 0 spiro atoms. The Kier molecular flexibility index (Phi) is 6.82. The van der Waals surface area contributed by atoms with Gasteiger partial charge in [0, 0.05) is 6.04 Å². The van der Waals surface area contributed by atoms with Crippen molar-refractivity contribution in [1.82, 2.24) is 10.6 Å². The first-order chi connectivity index (χ1) is 9.45. The van der Waals surface area contributed by atoms with E-state index < -0.39 is 12.0 Å². The Hall–Kier alpha value is -1.26. The van der Waals surface area contributed by atoms with Gasteiger partial charge in [-0.05, 0) is 24.7 Å². The van der Waals surface area contributed by atoms with Crippen LogP contribution in [-0.2, 0) is 4.79 Å². The molecule has 1 saturated carbocycles. The highest BCUT2D eigenvalue weighted by molar-refractivity contribution is 5.82. The fraction of sp³-hybridized carbons (Fsp3) is 0.867. The number of nitrogens with one attached hydrogen (secondary N) is 2. The third-order valence-corrected chi connectivity index (χ3v) is 4.47. The summed E-state index contributed by atoms with van der Waals surface area (Å²) in [6.45, 7) is 6.36. The Balaban J connectivity index is 2.46. The fourth-order valence-corrected chi connectivity index (χ4v) is 2.82. The summed E-state index contributed by atoms with van der Waals surface area (Å²) in [4.78, 5) is 23.1. The number of rotatable bonds is 6. The lowest BCUT2D eigenvalue weighted by atomic mass is 9.78. The van der Waals surface area contributed by atoms with Crippen molar-refractivity contribution in [3.8, 4) is 0 Å². The van der Waals surface area contributed by atoms with Gasteiger partial charge in [0.15, 0.2) is 0 Å². The molecule has 3 unspecified atom stereocenters. The van der Waals surface area contributed by atoms with Crippen LogP contribution < -0.4 is 10.6 Å². The highest BCUT2D eigenvalue weighted by Crippen LogP contribution is 2.29. The molecule has 116 valence electrons. The van der Waals surface area contributed by atoms with Crippen LogP contribution in [0.25, 0.3) is 0 Å². The number of urea groups is 1. The van der Waals surface area contributed by atoms with Crippen molar-refractivity contribution in [2.24, 2.45) is 11.8 Å². The summed E-state index contributed by atoms with van der Waals surface area (Å²) in [5.41, 5.74) is 0. The van der Waals surface area contributed by atoms with E-state index in [0.717, 1.165) is 25.7 Å². The zero-order valence-corrected chi connectivity index (χ0v) is 12.8. The van der Waals surface area contributed by atoms with Gasteiger partial charge >= 0.3 is 12.0 Å². The van der Waals surface area contributed by atoms with Crippen molar-refractivity contribution in [2.75, 3.05) is 0 Å². The maximum Gasteiger partial charge on any atom is 0.326 e. The van der Waals surface area contributed by atoms with E-state index in [2.05, 4.69) is 24.5 Å². The second-order valence-corrected chi connectivity index (χ2v) is 6.02. The van der Waals surface area contributed by atoms with Crippen LogP contribution in [0.3, 0.4) is 0 Å². The molecule has 5 heteroatoms. The molecule has 0 bridgehead atoms. The Morgan fingerprint density at radius 2 is 2.00 bits per heavy atom. The fourth-order valence-electron chi connectivity index (χ4n) is 2.82. The van der Waals surface area contributed by atoms with Gasteiger partial charge in [-0.2, -0.15) is 0 Å². The van der Waals surface area contributed by atoms with E-state index in [-0.39, 0.29) is 12.1 Å². The first kappa shape index (κ1) is 16.8. The summed E-state index contributed by atoms with van der Waals surface area (Å²) >= 11 is 0. The summed E-state index contributed by atoms with van der Waals surface area (Å²) in [5, 5.41) is 14.6. The van der Waals surface area contributed by atoms with Crippen molar-refractivity contribution < 1.29 is 14.7 Å². The zero-order chi connectivity index (χ0) is 15.1. The van der Waals surface area contributed by atoms with Gasteiger partial charge in [-0.25, -0.2) is 9.59 Å². The molecule has 0 saturated heterocycles. The largest absolute Gasteiger partial charge is 0.480 e. The van der Waals surface area contributed by atoms with Gasteiger partial charge in [-0.15, -0.1) is 0 Å². The van der Waals surface area contributed by atoms with Crippen molar-refractivity contribution in [1.29, 1.82) is 0 Å². The SMILES string of the molecule is CCCC[C@H](NC(=O)NC1CCCC(C)C1C)C(=O)O. The van der Waals surface area contributed by atoms with E-state index in [1.807, 2.05) is 6.92 Å². The summed E-state index contributed by atoms with van der Waals surface area (Å²) in [6, 6.07) is -0.981. The molecule has 0 aromatic heterocycles. The molecule has 1 aliphatic carbocycles. The first-order valence-electron chi connectivity index (χ1n) is 7.75. The van der Waals surface area contributed by atoms with Gasteiger partial charge in [0.1, 0.15) is 6.04 Å². The highest BCUT2D eigenvalue weighted by Gasteiger charge is 2.29. The van der Waals surface area contributed by atoms with Gasteiger partial charge in [0.05, 0.1) is 0 Å². The van der Waals surface area contributed by atoms with Crippen LogP contribution >= 0.6 is 0 Å². The molecule has 20 heavy (non-hydrogen) atoms. The Morgan fingerprint density at radius 3 is 2.60 bits per heavy atom. The Morgan fingerprint density at radius 1 is 1.30 bits per heavy atom. The lowest BCUT2D eigenvalue weighted by molar-refractivity contribution is -0.139. The molecule has 2 amide bonds. The molecule has 3 N–H and O–H groups in total. The summed E-state index contributed by atoms with van der Waals surface area (Å²) in [6.07, 6.45) is 5.50. The lowest BCUT2D eigenvalue weighted by Gasteiger charge is -2.34. The lowest BCUT2D eigenvalue weighted by Crippen LogP contribution is -2.52. The number of amides is 2. The Labute approximate surface area is 121 Å². The number of unbranched alkanes of at least 4 members (excludes halogenated alkanes) is 1. The summed E-state index contributed by atoms with van der Waals surface area (Å²) in [5.74, 6) is 0.0801. The van der Waals surface area contributed by atoms with Crippen LogP contribution in [0.2, 0.25) is 0 Å². The van der Waals surface area contributed by atoms with Crippen molar-refractivity contribution in [3.05, 3.63) is 0 Å². The summed E-state index contributed by atoms with van der Waals surface area (Å²) in [7, 11) is 0. The van der Waals surface area contributed by atoms with Crippen LogP contribution in [0.15, 0.2) is 0 Å². The maximum atomic E-state index is 12.0. The molecule has 0 radical (unpaired) electrons. The van der Waals surface area contributed by atoms with Crippen molar-refractivity contribution in [3.63, 3.8) is 0 Å². The van der Waals surface area contributed by atoms with E-state index in [9.17, 15) is 9.59 Å². The van der Waals surface area contributed by atoms with Crippen LogP contribution in [0.1, 0.15) is 59.3 Å². The van der Waals surface area contributed by atoms with Crippen LogP contribution in [0.5, 0.6) is 0 Å². The number of carboxylic acid groups (broad SMARTS) is 1. The molecule has 4 atom stereocenters. The number of hydrogen-bond donors (Lipinski definition) is 3. The topological polar surface area (TPSA) is 78.4 Å². The molecule has 1 fully saturated rings. The monoisotopic (exact) mass is 284 g/mol. The first-order valence-corrected chi connectivity index (χ1v) is 7.75. The number of hydrogen-bond acceptors (Lipinski definition) is 2. The highest BCUT2D eigenvalue weighted by atomic mass is 16.4. The van der Waals surface area contributed by atoms with Crippen LogP contribution in [0, 0.1) is 11.8 Å². The predicted molar refractivity (Wildman–Crippen MR) is 78.6 cm³/mol. The minimum atomic E-state index is -0.960. The average molecular weight is 284 g/mol. The molecule has 5 nitrogen and oxygen atoms in total. The summed E-state index contributed by atoms with van der Waals surface area (Å²) < 4.78 is 0. The van der Waals surface area contributed by atoms with Gasteiger partial charge in [-0.1, -0.05) is 46.5 Å². The number of carboxylic acids is 1. The zero-order valence-electron chi connectivity index (χ0n) is 12.8. The molecule has 0 aromatic rings. The van der Waals surface area contributed by atoms with Gasteiger partial charge < -0.3 is 15.7 Å². The van der Waals surface area contributed by atoms with E-state index in [1.54, 1.807) is 0 Å². The maximum absolute atomic E-state index is 12.0. The van der Waals surface area contributed by atoms with E-state index >= 15 is 0 Å². The van der Waals surface area contributed by atoms with Gasteiger partial charge in [-0.3, -0.25) is 0 Å². The van der Waals surface area contributed by atoms with Crippen LogP contribution in [-0.4, -0.2) is 29.2 Å². The quantitative estimate of drug-likeness (QED) is 0.701. The van der Waals surface area contributed by atoms with E-state index in [0.29, 0.717) is 18.3 Å². The van der Waals surface area contributed by atoms with E-state index in [4.69, 9.17) is 5.11 Å². The van der Waals surface area contributed by atoms with E-state index in [1.165, 1.54) is 6.42 Å². The third kappa shape index (κ3) is 5.02. The Bertz CT molecular complexity index is 333.